The van der Waals surface area contributed by atoms with Crippen LogP contribution in [0.5, 0.6) is 5.88 Å². The fraction of sp³-hybridized carbons (Fsp3) is 0.333. The number of benzene rings is 1. The molecule has 1 aromatic carbocycles. The number of carbonyl (C=O) groups excluding carboxylic acids is 1. The normalized spacial score (nSPS) is 19.0. The van der Waals surface area contributed by atoms with Crippen molar-refractivity contribution < 1.29 is 14.3 Å². The summed E-state index contributed by atoms with van der Waals surface area (Å²) in [7, 11) is 0. The maximum atomic E-state index is 13.1. The van der Waals surface area contributed by atoms with E-state index in [1.165, 1.54) is 6.33 Å². The van der Waals surface area contributed by atoms with Crippen LogP contribution in [0.25, 0.3) is 5.69 Å². The summed E-state index contributed by atoms with van der Waals surface area (Å²) in [6.07, 6.45) is 1.50. The van der Waals surface area contributed by atoms with Crippen molar-refractivity contribution >= 4 is 5.91 Å². The molecule has 5 rings (SSSR count). The van der Waals surface area contributed by atoms with Crippen LogP contribution in [0.15, 0.2) is 42.7 Å². The Morgan fingerprint density at radius 2 is 2.04 bits per heavy atom. The molecule has 4 heterocycles. The van der Waals surface area contributed by atoms with Crippen molar-refractivity contribution in [3.05, 3.63) is 54.2 Å². The van der Waals surface area contributed by atoms with Crippen LogP contribution >= 0.6 is 0 Å². The van der Waals surface area contributed by atoms with Gasteiger partial charge in [-0.1, -0.05) is 18.2 Å². The highest BCUT2D eigenvalue weighted by Crippen LogP contribution is 2.27. The van der Waals surface area contributed by atoms with E-state index in [0.717, 1.165) is 5.69 Å². The molecule has 1 atom stereocenters. The number of nitrogens with zero attached hydrogens (tertiary/aromatic N) is 6. The second kappa shape index (κ2) is 6.51. The summed E-state index contributed by atoms with van der Waals surface area (Å²) < 4.78 is 14.6. The molecule has 138 valence electrons. The zero-order valence-corrected chi connectivity index (χ0v) is 14.6. The Bertz CT molecular complexity index is 945. The Kier molecular flexibility index (Phi) is 3.86. The minimum absolute atomic E-state index is 0.156. The van der Waals surface area contributed by atoms with Crippen molar-refractivity contribution in [3.8, 4) is 11.6 Å². The van der Waals surface area contributed by atoms with Crippen LogP contribution in [0, 0.1) is 0 Å². The second-order valence-corrected chi connectivity index (χ2v) is 6.39. The van der Waals surface area contributed by atoms with Crippen LogP contribution in [0.2, 0.25) is 0 Å². The van der Waals surface area contributed by atoms with Crippen LogP contribution in [-0.4, -0.2) is 61.7 Å². The van der Waals surface area contributed by atoms with Crippen LogP contribution in [0.1, 0.15) is 22.4 Å². The van der Waals surface area contributed by atoms with Gasteiger partial charge in [0.15, 0.2) is 11.5 Å². The third-order valence-corrected chi connectivity index (χ3v) is 4.78. The Labute approximate surface area is 155 Å². The largest absolute Gasteiger partial charge is 0.476 e. The van der Waals surface area contributed by atoms with Crippen LogP contribution in [0.4, 0.5) is 0 Å². The zero-order valence-electron chi connectivity index (χ0n) is 14.6. The third-order valence-electron chi connectivity index (χ3n) is 4.78. The number of morpholine rings is 1. The molecule has 2 aliphatic rings. The molecule has 2 aromatic heterocycles. The molecule has 1 saturated heterocycles. The zero-order chi connectivity index (χ0) is 18.2. The molecular formula is C18H18N6O3. The molecule has 0 aliphatic carbocycles. The number of hydrogen-bond donors (Lipinski definition) is 0. The first-order valence-electron chi connectivity index (χ1n) is 8.86. The van der Waals surface area contributed by atoms with E-state index < -0.39 is 0 Å². The van der Waals surface area contributed by atoms with Gasteiger partial charge in [0.05, 0.1) is 25.4 Å². The van der Waals surface area contributed by atoms with Gasteiger partial charge >= 0.3 is 0 Å². The van der Waals surface area contributed by atoms with E-state index in [1.54, 1.807) is 20.3 Å². The van der Waals surface area contributed by atoms with Crippen molar-refractivity contribution in [2.24, 2.45) is 0 Å². The second-order valence-electron chi connectivity index (χ2n) is 6.39. The van der Waals surface area contributed by atoms with Gasteiger partial charge < -0.3 is 14.4 Å². The van der Waals surface area contributed by atoms with Gasteiger partial charge in [-0.05, 0) is 12.1 Å². The van der Waals surface area contributed by atoms with Gasteiger partial charge in [-0.15, -0.1) is 0 Å². The van der Waals surface area contributed by atoms with Crippen molar-refractivity contribution in [2.75, 3.05) is 26.4 Å². The SMILES string of the molecule is O=C(c1cc2n(n1)CCO2)N1CCOCC1c1ncnn1-c1ccccc1. The molecule has 1 unspecified atom stereocenters. The number of rotatable bonds is 3. The van der Waals surface area contributed by atoms with E-state index in [9.17, 15) is 4.79 Å². The average molecular weight is 366 g/mol. The Balaban J connectivity index is 1.48. The summed E-state index contributed by atoms with van der Waals surface area (Å²) >= 11 is 0. The van der Waals surface area contributed by atoms with E-state index in [1.807, 2.05) is 30.3 Å². The minimum Gasteiger partial charge on any atom is -0.476 e. The number of ether oxygens (including phenoxy) is 2. The highest BCUT2D eigenvalue weighted by molar-refractivity contribution is 5.93. The Morgan fingerprint density at radius 1 is 1.15 bits per heavy atom. The lowest BCUT2D eigenvalue weighted by atomic mass is 10.2. The lowest BCUT2D eigenvalue weighted by molar-refractivity contribution is -0.00614. The summed E-state index contributed by atoms with van der Waals surface area (Å²) in [5.41, 5.74) is 1.26. The van der Waals surface area contributed by atoms with Crippen LogP contribution in [-0.2, 0) is 11.3 Å². The number of hydrogen-bond acceptors (Lipinski definition) is 6. The Morgan fingerprint density at radius 3 is 2.89 bits per heavy atom. The molecule has 1 amide bonds. The summed E-state index contributed by atoms with van der Waals surface area (Å²) in [5.74, 6) is 1.14. The molecule has 3 aromatic rings. The van der Waals surface area contributed by atoms with Gasteiger partial charge in [-0.3, -0.25) is 4.79 Å². The maximum absolute atomic E-state index is 13.1. The van der Waals surface area contributed by atoms with Gasteiger partial charge in [0.25, 0.3) is 5.91 Å². The van der Waals surface area contributed by atoms with Crippen LogP contribution < -0.4 is 4.74 Å². The van der Waals surface area contributed by atoms with Gasteiger partial charge in [-0.25, -0.2) is 14.3 Å². The fourth-order valence-electron chi connectivity index (χ4n) is 3.47. The first kappa shape index (κ1) is 16.0. The van der Waals surface area contributed by atoms with E-state index in [-0.39, 0.29) is 11.9 Å². The quantitative estimate of drug-likeness (QED) is 0.689. The molecule has 9 heteroatoms. The monoisotopic (exact) mass is 366 g/mol. The van der Waals surface area contributed by atoms with E-state index >= 15 is 0 Å². The lowest BCUT2D eigenvalue weighted by Gasteiger charge is -2.34. The van der Waals surface area contributed by atoms with Crippen molar-refractivity contribution in [1.82, 2.24) is 29.4 Å². The summed E-state index contributed by atoms with van der Waals surface area (Å²) in [5, 5.41) is 8.72. The number of amides is 1. The predicted molar refractivity (Wildman–Crippen MR) is 93.7 cm³/mol. The molecule has 9 nitrogen and oxygen atoms in total. The summed E-state index contributed by atoms with van der Waals surface area (Å²) in [4.78, 5) is 19.3. The number of fused-ring (bicyclic) bond motifs is 1. The Hall–Kier alpha value is -3.20. The van der Waals surface area contributed by atoms with Crippen molar-refractivity contribution in [3.63, 3.8) is 0 Å². The standard InChI is InChI=1S/C18H18N6O3/c25-18(14-10-16-23(21-14)7-9-27-16)22-6-8-26-11-15(22)17-19-12-20-24(17)13-4-2-1-3-5-13/h1-5,10,12,15H,6-9,11H2. The predicted octanol–water partition coefficient (Wildman–Crippen LogP) is 1.07. The molecule has 0 radical (unpaired) electrons. The maximum Gasteiger partial charge on any atom is 0.275 e. The molecule has 1 fully saturated rings. The molecule has 0 spiro atoms. The number of para-hydroxylation sites is 1. The van der Waals surface area contributed by atoms with E-state index in [4.69, 9.17) is 9.47 Å². The smallest absolute Gasteiger partial charge is 0.275 e. The molecule has 2 aliphatic heterocycles. The van der Waals surface area contributed by atoms with Gasteiger partial charge in [0.1, 0.15) is 19.0 Å². The number of aromatic nitrogens is 5. The van der Waals surface area contributed by atoms with E-state index in [0.29, 0.717) is 50.3 Å². The minimum atomic E-state index is -0.341. The van der Waals surface area contributed by atoms with Gasteiger partial charge in [0, 0.05) is 12.6 Å². The third kappa shape index (κ3) is 2.76. The molecular weight excluding hydrogens is 348 g/mol. The highest BCUT2D eigenvalue weighted by atomic mass is 16.5. The first-order valence-corrected chi connectivity index (χ1v) is 8.86. The lowest BCUT2D eigenvalue weighted by Crippen LogP contribution is -2.44. The van der Waals surface area contributed by atoms with Crippen LogP contribution in [0.3, 0.4) is 0 Å². The molecule has 27 heavy (non-hydrogen) atoms. The van der Waals surface area contributed by atoms with E-state index in [2.05, 4.69) is 15.2 Å². The van der Waals surface area contributed by atoms with Crippen molar-refractivity contribution in [2.45, 2.75) is 12.6 Å². The summed E-state index contributed by atoms with van der Waals surface area (Å²) in [6.45, 7) is 2.57. The summed E-state index contributed by atoms with van der Waals surface area (Å²) in [6, 6.07) is 11.1. The van der Waals surface area contributed by atoms with Gasteiger partial charge in [0.2, 0.25) is 5.88 Å². The first-order chi connectivity index (χ1) is 13.3. The number of carbonyl (C=O) groups is 1. The van der Waals surface area contributed by atoms with Crippen molar-refractivity contribution in [1.29, 1.82) is 0 Å². The highest BCUT2D eigenvalue weighted by Gasteiger charge is 2.34. The average Bonchev–Trinajstić information content (AvgIpc) is 3.44. The van der Waals surface area contributed by atoms with Gasteiger partial charge in [-0.2, -0.15) is 10.2 Å². The molecule has 0 N–H and O–H groups in total. The molecule has 0 saturated carbocycles. The topological polar surface area (TPSA) is 87.3 Å². The molecule has 0 bridgehead atoms. The fourth-order valence-corrected chi connectivity index (χ4v) is 3.47.